The van der Waals surface area contributed by atoms with Crippen LogP contribution in [0.5, 0.6) is 5.06 Å². The molecule has 0 atom stereocenters. The number of aromatic amines is 1. The Hall–Kier alpha value is -1.36. The van der Waals surface area contributed by atoms with Gasteiger partial charge in [-0.3, -0.25) is 4.79 Å². The molecular weight excluding hydrogens is 164 g/mol. The highest BCUT2D eigenvalue weighted by molar-refractivity contribution is 7.20. The van der Waals surface area contributed by atoms with Gasteiger partial charge in [-0.2, -0.15) is 0 Å². The monoisotopic (exact) mass is 168 g/mol. The van der Waals surface area contributed by atoms with Crippen molar-refractivity contribution in [2.75, 3.05) is 0 Å². The second-order valence-corrected chi connectivity index (χ2v) is 3.04. The molecule has 0 aliphatic rings. The number of hydrogen-bond acceptors (Lipinski definition) is 4. The fourth-order valence-electron chi connectivity index (χ4n) is 0.855. The highest BCUT2D eigenvalue weighted by atomic mass is 32.1. The lowest BCUT2D eigenvalue weighted by atomic mass is 10.4. The predicted molar refractivity (Wildman–Crippen MR) is 41.9 cm³/mol. The average molecular weight is 168 g/mol. The topological polar surface area (TPSA) is 66.0 Å². The predicted octanol–water partition coefficient (Wildman–Crippen LogP) is 0.690. The van der Waals surface area contributed by atoms with Gasteiger partial charge in [0.25, 0.3) is 5.56 Å². The Morgan fingerprint density at radius 3 is 3.18 bits per heavy atom. The van der Waals surface area contributed by atoms with Crippen molar-refractivity contribution in [2.45, 2.75) is 0 Å². The van der Waals surface area contributed by atoms with Crippen LogP contribution in [0.3, 0.4) is 0 Å². The van der Waals surface area contributed by atoms with Crippen molar-refractivity contribution >= 4 is 21.6 Å². The summed E-state index contributed by atoms with van der Waals surface area (Å²) in [6.45, 7) is 0. The maximum absolute atomic E-state index is 11.0. The van der Waals surface area contributed by atoms with Crippen LogP contribution in [0.4, 0.5) is 0 Å². The molecule has 56 valence electrons. The summed E-state index contributed by atoms with van der Waals surface area (Å²) >= 11 is 1.09. The molecule has 2 aromatic heterocycles. The van der Waals surface area contributed by atoms with Crippen LogP contribution in [-0.4, -0.2) is 15.1 Å². The molecule has 0 spiro atoms. The molecule has 0 unspecified atom stereocenters. The molecule has 2 aromatic rings. The number of nitrogens with zero attached hydrogens (tertiary/aromatic N) is 1. The normalized spacial score (nSPS) is 10.5. The quantitative estimate of drug-likeness (QED) is 0.608. The van der Waals surface area contributed by atoms with E-state index < -0.39 is 0 Å². The molecule has 0 saturated carbocycles. The van der Waals surface area contributed by atoms with Gasteiger partial charge in [0.2, 0.25) is 0 Å². The highest BCUT2D eigenvalue weighted by Crippen LogP contribution is 2.25. The molecule has 11 heavy (non-hydrogen) atoms. The van der Waals surface area contributed by atoms with Crippen LogP contribution < -0.4 is 5.56 Å². The van der Waals surface area contributed by atoms with Gasteiger partial charge in [-0.05, 0) is 0 Å². The van der Waals surface area contributed by atoms with E-state index in [1.54, 1.807) is 0 Å². The van der Waals surface area contributed by atoms with Crippen LogP contribution >= 0.6 is 11.3 Å². The van der Waals surface area contributed by atoms with Gasteiger partial charge in [-0.1, -0.05) is 11.3 Å². The lowest BCUT2D eigenvalue weighted by molar-refractivity contribution is 0.491. The number of aromatic nitrogens is 2. The van der Waals surface area contributed by atoms with Crippen LogP contribution in [0.1, 0.15) is 0 Å². The van der Waals surface area contributed by atoms with Gasteiger partial charge >= 0.3 is 0 Å². The molecule has 2 heterocycles. The minimum absolute atomic E-state index is 0.115. The summed E-state index contributed by atoms with van der Waals surface area (Å²) in [4.78, 5) is 17.8. The van der Waals surface area contributed by atoms with E-state index in [-0.39, 0.29) is 10.6 Å². The molecule has 0 radical (unpaired) electrons. The van der Waals surface area contributed by atoms with Gasteiger partial charge in [0.15, 0.2) is 5.06 Å². The molecule has 0 aromatic carbocycles. The van der Waals surface area contributed by atoms with Gasteiger partial charge in [0.05, 0.1) is 11.7 Å². The van der Waals surface area contributed by atoms with Gasteiger partial charge in [-0.25, -0.2) is 4.98 Å². The van der Waals surface area contributed by atoms with Crippen molar-refractivity contribution < 1.29 is 5.11 Å². The van der Waals surface area contributed by atoms with E-state index in [4.69, 9.17) is 5.11 Å². The van der Waals surface area contributed by atoms with E-state index in [9.17, 15) is 4.79 Å². The van der Waals surface area contributed by atoms with Crippen molar-refractivity contribution in [1.29, 1.82) is 0 Å². The Kier molecular flexibility index (Phi) is 1.19. The Labute approximate surface area is 65.1 Å². The van der Waals surface area contributed by atoms with Gasteiger partial charge in [-0.15, -0.1) is 0 Å². The van der Waals surface area contributed by atoms with Crippen LogP contribution in [0.2, 0.25) is 0 Å². The lowest BCUT2D eigenvalue weighted by Crippen LogP contribution is -2.03. The molecule has 0 saturated heterocycles. The second-order valence-electron chi connectivity index (χ2n) is 2.04. The molecule has 0 amide bonds. The molecule has 4 nitrogen and oxygen atoms in total. The Morgan fingerprint density at radius 1 is 1.64 bits per heavy atom. The van der Waals surface area contributed by atoms with Gasteiger partial charge in [0, 0.05) is 6.07 Å². The standard InChI is InChI=1S/C6H4N2O2S/c9-4-1-3-5(10)7-2-8-6(3)11-4/h1-2,9H,(H,7,8,10). The molecule has 0 aliphatic carbocycles. The van der Waals surface area contributed by atoms with E-state index in [1.165, 1.54) is 12.4 Å². The summed E-state index contributed by atoms with van der Waals surface area (Å²) in [5.74, 6) is 0. The summed E-state index contributed by atoms with van der Waals surface area (Å²) in [6, 6.07) is 1.41. The molecule has 2 N–H and O–H groups in total. The zero-order valence-electron chi connectivity index (χ0n) is 5.37. The SMILES string of the molecule is O=c1[nH]cnc2sc(O)cc12. The lowest BCUT2D eigenvalue weighted by Gasteiger charge is -1.82. The van der Waals surface area contributed by atoms with Crippen molar-refractivity contribution in [2.24, 2.45) is 0 Å². The first-order valence-corrected chi connectivity index (χ1v) is 3.75. The Morgan fingerprint density at radius 2 is 2.45 bits per heavy atom. The summed E-state index contributed by atoms with van der Waals surface area (Å²) in [6.07, 6.45) is 1.32. The highest BCUT2D eigenvalue weighted by Gasteiger charge is 2.03. The third-order valence-electron chi connectivity index (χ3n) is 1.32. The third-order valence-corrected chi connectivity index (χ3v) is 2.17. The smallest absolute Gasteiger partial charge is 0.259 e. The Balaban J connectivity index is 3.02. The number of aromatic hydroxyl groups is 1. The summed E-state index contributed by atoms with van der Waals surface area (Å²) in [5, 5.41) is 9.56. The van der Waals surface area contributed by atoms with Crippen LogP contribution in [0.25, 0.3) is 10.2 Å². The number of thiophene rings is 1. The third kappa shape index (κ3) is 0.894. The van der Waals surface area contributed by atoms with E-state index in [0.717, 1.165) is 11.3 Å². The fourth-order valence-corrected chi connectivity index (χ4v) is 1.60. The second kappa shape index (κ2) is 2.06. The van der Waals surface area contributed by atoms with Crippen LogP contribution in [0, 0.1) is 0 Å². The van der Waals surface area contributed by atoms with E-state index in [1.807, 2.05) is 0 Å². The van der Waals surface area contributed by atoms with E-state index >= 15 is 0 Å². The zero-order chi connectivity index (χ0) is 7.84. The van der Waals surface area contributed by atoms with Gasteiger partial charge in [0.1, 0.15) is 4.83 Å². The first kappa shape index (κ1) is 6.36. The molecule has 2 rings (SSSR count). The summed E-state index contributed by atoms with van der Waals surface area (Å²) < 4.78 is 0. The van der Waals surface area contributed by atoms with Crippen molar-refractivity contribution in [3.05, 3.63) is 22.7 Å². The average Bonchev–Trinajstić information content (AvgIpc) is 2.31. The van der Waals surface area contributed by atoms with Gasteiger partial charge < -0.3 is 10.1 Å². The Bertz CT molecular complexity index is 445. The van der Waals surface area contributed by atoms with E-state index in [0.29, 0.717) is 10.2 Å². The number of hydrogen-bond donors (Lipinski definition) is 2. The minimum atomic E-state index is -0.216. The summed E-state index contributed by atoms with van der Waals surface area (Å²) in [5.41, 5.74) is -0.216. The van der Waals surface area contributed by atoms with Crippen molar-refractivity contribution in [3.8, 4) is 5.06 Å². The summed E-state index contributed by atoms with van der Waals surface area (Å²) in [7, 11) is 0. The number of nitrogens with one attached hydrogen (secondary N) is 1. The minimum Gasteiger partial charge on any atom is -0.499 e. The molecule has 0 aliphatic heterocycles. The van der Waals surface area contributed by atoms with Crippen LogP contribution in [0.15, 0.2) is 17.2 Å². The molecule has 5 heteroatoms. The first-order chi connectivity index (χ1) is 5.27. The molecule has 0 bridgehead atoms. The number of H-pyrrole nitrogens is 1. The van der Waals surface area contributed by atoms with Crippen LogP contribution in [-0.2, 0) is 0 Å². The zero-order valence-corrected chi connectivity index (χ0v) is 6.18. The van der Waals surface area contributed by atoms with Crippen molar-refractivity contribution in [3.63, 3.8) is 0 Å². The largest absolute Gasteiger partial charge is 0.499 e. The number of rotatable bonds is 0. The number of fused-ring (bicyclic) bond motifs is 1. The first-order valence-electron chi connectivity index (χ1n) is 2.93. The fraction of sp³-hybridized carbons (Fsp3) is 0. The molecule has 0 fully saturated rings. The van der Waals surface area contributed by atoms with Crippen molar-refractivity contribution in [1.82, 2.24) is 9.97 Å². The molecular formula is C6H4N2O2S. The van der Waals surface area contributed by atoms with E-state index in [2.05, 4.69) is 9.97 Å². The maximum Gasteiger partial charge on any atom is 0.259 e. The maximum atomic E-state index is 11.0.